The fourth-order valence-electron chi connectivity index (χ4n) is 6.54. The monoisotopic (exact) mass is 766 g/mol. The highest BCUT2D eigenvalue weighted by atomic mass is 19.2. The van der Waals surface area contributed by atoms with E-state index in [9.17, 15) is 13.2 Å². The van der Waals surface area contributed by atoms with Crippen LogP contribution in [0.15, 0.2) is 42.6 Å². The minimum Gasteiger partial charge on any atom is -0.418 e. The molecule has 0 aliphatic rings. The quantitative estimate of drug-likeness (QED) is 0.0725. The van der Waals surface area contributed by atoms with Crippen LogP contribution < -0.4 is 26.2 Å². The lowest BCUT2D eigenvalue weighted by atomic mass is 9.23. The summed E-state index contributed by atoms with van der Waals surface area (Å²) in [5, 5.41) is 2.68. The van der Waals surface area contributed by atoms with E-state index in [1.165, 1.54) is 12.1 Å². The molecule has 280 valence electrons. The highest BCUT2D eigenvalue weighted by Gasteiger charge is 2.54. The smallest absolute Gasteiger partial charge is 0.289 e. The summed E-state index contributed by atoms with van der Waals surface area (Å²) in [4.78, 5) is 0. The van der Waals surface area contributed by atoms with Gasteiger partial charge in [-0.15, -0.1) is 0 Å². The third-order valence-corrected chi connectivity index (χ3v) is 8.92. The van der Waals surface area contributed by atoms with Gasteiger partial charge in [-0.3, -0.25) is 0 Å². The average Bonchev–Trinajstić information content (AvgIpc) is 3.13. The summed E-state index contributed by atoms with van der Waals surface area (Å²) in [6.45, 7) is 6.65. The molecule has 4 aromatic carbocycles. The lowest BCUT2D eigenvalue weighted by Gasteiger charge is -2.42. The third kappa shape index (κ3) is 5.76. The molecular weight excluding hydrogens is 744 g/mol. The highest BCUT2D eigenvalue weighted by molar-refractivity contribution is 7.05. The molecule has 0 aliphatic carbocycles. The molecule has 0 unspecified atom stereocenters. The lowest BCUT2D eigenvalue weighted by molar-refractivity contribution is -0.523. The molecule has 18 heteroatoms. The van der Waals surface area contributed by atoms with E-state index in [0.29, 0.717) is 17.3 Å². The predicted octanol–water partition coefficient (Wildman–Crippen LogP) is 8.57. The van der Waals surface area contributed by atoms with Crippen LogP contribution in [0.4, 0.5) is 77.4 Å². The van der Waals surface area contributed by atoms with Crippen molar-refractivity contribution in [2.24, 2.45) is 0 Å². The standard InChI is InChI=1S/C35H22BF15N2/c1-12(2)14-8-7-9-15(13(3)4)35(14)52-16-10-5-6-11-53(16)36(17-20(37)26(43)32(49)27(44)21(17)38,18-22(39)28(45)33(50)29(46)23(18)40)19-24(41)30(47)34(51)31(48)25(19)42/h5-13,52H,1-4H3. The fourth-order valence-corrected chi connectivity index (χ4v) is 6.54. The van der Waals surface area contributed by atoms with Gasteiger partial charge in [-0.1, -0.05) is 68.3 Å². The first-order valence-electron chi connectivity index (χ1n) is 15.4. The van der Waals surface area contributed by atoms with Crippen molar-refractivity contribution in [1.82, 2.24) is 0 Å². The van der Waals surface area contributed by atoms with Gasteiger partial charge in [-0.2, -0.15) is 0 Å². The third-order valence-electron chi connectivity index (χ3n) is 8.92. The summed E-state index contributed by atoms with van der Waals surface area (Å²) >= 11 is 0. The molecule has 1 aromatic heterocycles. The van der Waals surface area contributed by atoms with Gasteiger partial charge in [-0.25, -0.2) is 71.2 Å². The maximum Gasteiger partial charge on any atom is 0.289 e. The van der Waals surface area contributed by atoms with Crippen LogP contribution in [0, 0.1) is 87.3 Å². The lowest BCUT2D eigenvalue weighted by Crippen LogP contribution is -2.88. The Balaban J connectivity index is 2.22. The summed E-state index contributed by atoms with van der Waals surface area (Å²) in [6, 6.07) is 7.22. The van der Waals surface area contributed by atoms with Crippen molar-refractivity contribution in [1.29, 1.82) is 0 Å². The van der Waals surface area contributed by atoms with Gasteiger partial charge in [0, 0.05) is 23.4 Å². The fraction of sp³-hybridized carbons (Fsp3) is 0.171. The number of rotatable bonds is 8. The van der Waals surface area contributed by atoms with Crippen molar-refractivity contribution in [3.8, 4) is 0 Å². The molecule has 1 heterocycles. The van der Waals surface area contributed by atoms with Crippen molar-refractivity contribution in [2.45, 2.75) is 39.5 Å². The molecule has 0 radical (unpaired) electrons. The Morgan fingerprint density at radius 3 is 1.02 bits per heavy atom. The first-order valence-corrected chi connectivity index (χ1v) is 15.4. The van der Waals surface area contributed by atoms with Crippen molar-refractivity contribution < 1.29 is 70.3 Å². The molecule has 53 heavy (non-hydrogen) atoms. The molecule has 0 amide bonds. The van der Waals surface area contributed by atoms with Crippen molar-refractivity contribution in [3.05, 3.63) is 141 Å². The van der Waals surface area contributed by atoms with Crippen LogP contribution in [0.25, 0.3) is 0 Å². The Labute approximate surface area is 290 Å². The van der Waals surface area contributed by atoms with Crippen LogP contribution in [0.5, 0.6) is 0 Å². The van der Waals surface area contributed by atoms with E-state index < -0.39 is 128 Å². The normalized spacial score (nSPS) is 12.0. The molecule has 5 aromatic rings. The van der Waals surface area contributed by atoms with Gasteiger partial charge in [0.2, 0.25) is 5.82 Å². The molecule has 2 nitrogen and oxygen atoms in total. The minimum atomic E-state index is -6.05. The second-order valence-corrected chi connectivity index (χ2v) is 12.5. The SMILES string of the molecule is CC(C)c1cccc(C(C)C)c1Nc1cccc[n+]1[B-](c1c(F)c(F)c(F)c(F)c1F)(c1c(F)c(F)c(F)c(F)c1F)c1c(F)c(F)c(F)c(F)c1F. The van der Waals surface area contributed by atoms with Gasteiger partial charge >= 0.3 is 0 Å². The zero-order valence-electron chi connectivity index (χ0n) is 27.4. The van der Waals surface area contributed by atoms with Crippen molar-refractivity contribution in [3.63, 3.8) is 0 Å². The molecule has 0 aliphatic heterocycles. The Kier molecular flexibility index (Phi) is 10.3. The first-order chi connectivity index (χ1) is 24.7. The van der Waals surface area contributed by atoms with E-state index in [4.69, 9.17) is 0 Å². The van der Waals surface area contributed by atoms with E-state index in [1.54, 1.807) is 33.8 Å². The van der Waals surface area contributed by atoms with Crippen LogP contribution in [0.2, 0.25) is 0 Å². The largest absolute Gasteiger partial charge is 0.418 e. The van der Waals surface area contributed by atoms with E-state index >= 15 is 52.7 Å². The summed E-state index contributed by atoms with van der Waals surface area (Å²) in [5.74, 6) is -47.8. The number of para-hydroxylation sites is 1. The molecule has 0 fully saturated rings. The molecule has 0 atom stereocenters. The van der Waals surface area contributed by atoms with E-state index in [-0.39, 0.29) is 10.2 Å². The predicted molar refractivity (Wildman–Crippen MR) is 163 cm³/mol. The summed E-state index contributed by atoms with van der Waals surface area (Å²) in [6.07, 6.45) is -5.67. The van der Waals surface area contributed by atoms with Gasteiger partial charge in [0.05, 0.1) is 0 Å². The topological polar surface area (TPSA) is 15.9 Å². The second-order valence-electron chi connectivity index (χ2n) is 12.5. The number of nitrogens with zero attached hydrogens (tertiary/aromatic N) is 1. The molecule has 0 saturated heterocycles. The Bertz CT molecular complexity index is 2030. The van der Waals surface area contributed by atoms with Gasteiger partial charge in [0.25, 0.3) is 6.28 Å². The van der Waals surface area contributed by atoms with E-state index in [2.05, 4.69) is 5.32 Å². The Hall–Kier alpha value is -5.16. The number of anilines is 2. The van der Waals surface area contributed by atoms with Crippen LogP contribution in [0.3, 0.4) is 0 Å². The van der Waals surface area contributed by atoms with Crippen molar-refractivity contribution in [2.75, 3.05) is 5.32 Å². The molecule has 0 bridgehead atoms. The van der Waals surface area contributed by atoms with E-state index in [1.807, 2.05) is 0 Å². The zero-order valence-corrected chi connectivity index (χ0v) is 27.4. The molecular formula is C35H22BF15N2. The summed E-state index contributed by atoms with van der Waals surface area (Å²) in [5.41, 5.74) is -7.38. The highest BCUT2D eigenvalue weighted by Crippen LogP contribution is 2.35. The van der Waals surface area contributed by atoms with Crippen LogP contribution in [0.1, 0.15) is 50.7 Å². The van der Waals surface area contributed by atoms with Crippen molar-refractivity contribution >= 4 is 34.2 Å². The number of benzene rings is 4. The van der Waals surface area contributed by atoms with Gasteiger partial charge in [0.1, 0.15) is 40.6 Å². The van der Waals surface area contributed by atoms with E-state index in [0.717, 1.165) is 18.2 Å². The Morgan fingerprint density at radius 2 is 0.717 bits per heavy atom. The van der Waals surface area contributed by atoms with Gasteiger partial charge in [0.15, 0.2) is 52.4 Å². The summed E-state index contributed by atoms with van der Waals surface area (Å²) in [7, 11) is 0. The number of aromatic nitrogens is 1. The number of hydrogen-bond acceptors (Lipinski definition) is 1. The average molecular weight is 766 g/mol. The second kappa shape index (κ2) is 14.0. The van der Waals surface area contributed by atoms with Crippen LogP contribution in [-0.2, 0) is 0 Å². The van der Waals surface area contributed by atoms with Crippen LogP contribution >= 0.6 is 0 Å². The molecule has 5 rings (SSSR count). The number of halogens is 15. The maximum atomic E-state index is 16.2. The zero-order chi connectivity index (χ0) is 39.6. The maximum absolute atomic E-state index is 16.2. The molecule has 0 spiro atoms. The molecule has 0 saturated carbocycles. The number of hydrogen-bond donors (Lipinski definition) is 1. The summed E-state index contributed by atoms with van der Waals surface area (Å²) < 4.78 is 231. The number of pyridine rings is 1. The first kappa shape index (κ1) is 39.1. The van der Waals surface area contributed by atoms with Gasteiger partial charge in [-0.05, 0) is 17.9 Å². The van der Waals surface area contributed by atoms with Gasteiger partial charge < -0.3 is 4.48 Å². The molecule has 1 N–H and O–H groups in total. The number of nitrogens with one attached hydrogen (secondary N) is 1. The van der Waals surface area contributed by atoms with Crippen LogP contribution in [-0.4, -0.2) is 6.28 Å². The minimum absolute atomic E-state index is 0.0504. The Morgan fingerprint density at radius 1 is 0.415 bits per heavy atom.